The van der Waals surface area contributed by atoms with Crippen LogP contribution in [0.5, 0.6) is 5.75 Å². The standard InChI is InChI=1S/C18H20FNO/c1-20-18-16-7-3-2-5-13(16)6-4-8-17(18)21-15-11-9-14(19)10-12-15/h2-3,5,7,9-12,17-18,20H,4,6,8H2,1H3. The molecule has 0 fully saturated rings. The van der Waals surface area contributed by atoms with Gasteiger partial charge in [0, 0.05) is 0 Å². The van der Waals surface area contributed by atoms with Gasteiger partial charge < -0.3 is 10.1 Å². The van der Waals surface area contributed by atoms with E-state index in [1.54, 1.807) is 12.1 Å². The van der Waals surface area contributed by atoms with E-state index in [0.717, 1.165) is 25.0 Å². The van der Waals surface area contributed by atoms with E-state index in [9.17, 15) is 4.39 Å². The van der Waals surface area contributed by atoms with E-state index >= 15 is 0 Å². The molecule has 0 radical (unpaired) electrons. The Bertz CT molecular complexity index is 596. The molecule has 0 heterocycles. The summed E-state index contributed by atoms with van der Waals surface area (Å²) in [4.78, 5) is 0. The summed E-state index contributed by atoms with van der Waals surface area (Å²) in [7, 11) is 1.97. The molecule has 2 atom stereocenters. The fourth-order valence-corrected chi connectivity index (χ4v) is 3.08. The highest BCUT2D eigenvalue weighted by Crippen LogP contribution is 2.31. The minimum absolute atomic E-state index is 0.0594. The molecule has 0 saturated heterocycles. The van der Waals surface area contributed by atoms with Gasteiger partial charge in [0.2, 0.25) is 0 Å². The zero-order chi connectivity index (χ0) is 14.7. The Morgan fingerprint density at radius 3 is 2.62 bits per heavy atom. The number of likely N-dealkylation sites (N-methyl/N-ethyl adjacent to an activating group) is 1. The molecular weight excluding hydrogens is 265 g/mol. The Morgan fingerprint density at radius 1 is 1.10 bits per heavy atom. The maximum atomic E-state index is 13.0. The van der Waals surface area contributed by atoms with E-state index in [4.69, 9.17) is 4.74 Å². The van der Waals surface area contributed by atoms with Gasteiger partial charge in [0.25, 0.3) is 0 Å². The molecular formula is C18H20FNO. The van der Waals surface area contributed by atoms with Crippen LogP contribution in [0.4, 0.5) is 4.39 Å². The molecule has 3 rings (SSSR count). The van der Waals surface area contributed by atoms with Crippen LogP contribution in [-0.4, -0.2) is 13.2 Å². The Kier molecular flexibility index (Phi) is 4.20. The molecule has 0 aromatic heterocycles. The zero-order valence-electron chi connectivity index (χ0n) is 12.2. The van der Waals surface area contributed by atoms with Crippen molar-refractivity contribution in [3.05, 3.63) is 65.5 Å². The van der Waals surface area contributed by atoms with E-state index in [1.807, 2.05) is 7.05 Å². The molecule has 1 aliphatic carbocycles. The SMILES string of the molecule is CNC1c2ccccc2CCCC1Oc1ccc(F)cc1. The van der Waals surface area contributed by atoms with Crippen molar-refractivity contribution in [3.63, 3.8) is 0 Å². The van der Waals surface area contributed by atoms with Crippen LogP contribution in [0.15, 0.2) is 48.5 Å². The van der Waals surface area contributed by atoms with Gasteiger partial charge in [0.1, 0.15) is 17.7 Å². The number of halogens is 1. The second-order valence-corrected chi connectivity index (χ2v) is 5.47. The molecule has 2 aromatic rings. The molecule has 0 amide bonds. The Balaban J connectivity index is 1.86. The highest BCUT2D eigenvalue weighted by molar-refractivity contribution is 5.33. The number of fused-ring (bicyclic) bond motifs is 1. The van der Waals surface area contributed by atoms with Gasteiger partial charge in [-0.15, -0.1) is 0 Å². The van der Waals surface area contributed by atoms with Crippen molar-refractivity contribution >= 4 is 0 Å². The summed E-state index contributed by atoms with van der Waals surface area (Å²) in [6, 6.07) is 15.0. The first kappa shape index (κ1) is 14.1. The third kappa shape index (κ3) is 3.08. The summed E-state index contributed by atoms with van der Waals surface area (Å²) >= 11 is 0. The molecule has 3 heteroatoms. The Morgan fingerprint density at radius 2 is 1.86 bits per heavy atom. The minimum Gasteiger partial charge on any atom is -0.488 e. The van der Waals surface area contributed by atoms with Gasteiger partial charge in [0.05, 0.1) is 6.04 Å². The van der Waals surface area contributed by atoms with Crippen LogP contribution in [0, 0.1) is 5.82 Å². The van der Waals surface area contributed by atoms with Crippen LogP contribution in [0.2, 0.25) is 0 Å². The van der Waals surface area contributed by atoms with Crippen molar-refractivity contribution in [2.75, 3.05) is 7.05 Å². The van der Waals surface area contributed by atoms with Gasteiger partial charge in [-0.25, -0.2) is 4.39 Å². The fourth-order valence-electron chi connectivity index (χ4n) is 3.08. The van der Waals surface area contributed by atoms with Crippen molar-refractivity contribution in [3.8, 4) is 5.75 Å². The molecule has 1 N–H and O–H groups in total. The van der Waals surface area contributed by atoms with Crippen LogP contribution in [0.3, 0.4) is 0 Å². The van der Waals surface area contributed by atoms with Crippen LogP contribution < -0.4 is 10.1 Å². The third-order valence-corrected chi connectivity index (χ3v) is 4.11. The van der Waals surface area contributed by atoms with Crippen molar-refractivity contribution in [2.24, 2.45) is 0 Å². The van der Waals surface area contributed by atoms with Crippen molar-refractivity contribution in [1.82, 2.24) is 5.32 Å². The Hall–Kier alpha value is -1.87. The van der Waals surface area contributed by atoms with Crippen LogP contribution in [-0.2, 0) is 6.42 Å². The Labute approximate surface area is 125 Å². The van der Waals surface area contributed by atoms with Crippen molar-refractivity contribution in [1.29, 1.82) is 0 Å². The number of hydrogen-bond acceptors (Lipinski definition) is 2. The quantitative estimate of drug-likeness (QED) is 0.864. The van der Waals surface area contributed by atoms with E-state index in [-0.39, 0.29) is 18.0 Å². The second kappa shape index (κ2) is 6.27. The maximum absolute atomic E-state index is 13.0. The summed E-state index contributed by atoms with van der Waals surface area (Å²) in [5, 5.41) is 3.38. The van der Waals surface area contributed by atoms with Gasteiger partial charge in [-0.3, -0.25) is 0 Å². The maximum Gasteiger partial charge on any atom is 0.123 e. The zero-order valence-corrected chi connectivity index (χ0v) is 12.2. The van der Waals surface area contributed by atoms with Crippen LogP contribution in [0.25, 0.3) is 0 Å². The molecule has 0 spiro atoms. The number of benzene rings is 2. The summed E-state index contributed by atoms with van der Waals surface area (Å²) < 4.78 is 19.1. The summed E-state index contributed by atoms with van der Waals surface area (Å²) in [6.07, 6.45) is 3.22. The summed E-state index contributed by atoms with van der Waals surface area (Å²) in [5.74, 6) is 0.486. The van der Waals surface area contributed by atoms with Gasteiger partial charge in [0.15, 0.2) is 0 Å². The molecule has 2 nitrogen and oxygen atoms in total. The lowest BCUT2D eigenvalue weighted by Gasteiger charge is -2.27. The van der Waals surface area contributed by atoms with E-state index in [2.05, 4.69) is 29.6 Å². The molecule has 110 valence electrons. The normalized spacial score (nSPS) is 21.4. The first-order chi connectivity index (χ1) is 10.3. The number of hydrogen-bond donors (Lipinski definition) is 1. The average Bonchev–Trinajstić information content (AvgIpc) is 2.68. The number of aryl methyl sites for hydroxylation is 1. The second-order valence-electron chi connectivity index (χ2n) is 5.47. The lowest BCUT2D eigenvalue weighted by atomic mass is 9.98. The number of nitrogens with one attached hydrogen (secondary N) is 1. The molecule has 0 bridgehead atoms. The minimum atomic E-state index is -0.237. The van der Waals surface area contributed by atoms with Gasteiger partial charge in [-0.05, 0) is 61.7 Å². The largest absolute Gasteiger partial charge is 0.488 e. The summed E-state index contributed by atoms with van der Waals surface area (Å²) in [5.41, 5.74) is 2.70. The van der Waals surface area contributed by atoms with Gasteiger partial charge in [-0.1, -0.05) is 24.3 Å². The predicted molar refractivity (Wildman–Crippen MR) is 82.0 cm³/mol. The molecule has 1 aliphatic rings. The molecule has 2 unspecified atom stereocenters. The lowest BCUT2D eigenvalue weighted by molar-refractivity contribution is 0.148. The third-order valence-electron chi connectivity index (χ3n) is 4.11. The van der Waals surface area contributed by atoms with Crippen molar-refractivity contribution < 1.29 is 9.13 Å². The van der Waals surface area contributed by atoms with E-state index in [0.29, 0.717) is 0 Å². The number of rotatable bonds is 3. The predicted octanol–water partition coefficient (Wildman–Crippen LogP) is 3.87. The highest BCUT2D eigenvalue weighted by Gasteiger charge is 2.27. The van der Waals surface area contributed by atoms with Crippen molar-refractivity contribution in [2.45, 2.75) is 31.4 Å². The number of ether oxygens (including phenoxy) is 1. The fraction of sp³-hybridized carbons (Fsp3) is 0.333. The molecule has 21 heavy (non-hydrogen) atoms. The summed E-state index contributed by atoms with van der Waals surface area (Å²) in [6.45, 7) is 0. The highest BCUT2D eigenvalue weighted by atomic mass is 19.1. The smallest absolute Gasteiger partial charge is 0.123 e. The van der Waals surface area contributed by atoms with Crippen LogP contribution >= 0.6 is 0 Å². The monoisotopic (exact) mass is 285 g/mol. The van der Waals surface area contributed by atoms with Gasteiger partial charge >= 0.3 is 0 Å². The van der Waals surface area contributed by atoms with E-state index < -0.39 is 0 Å². The van der Waals surface area contributed by atoms with E-state index in [1.165, 1.54) is 23.3 Å². The molecule has 0 saturated carbocycles. The topological polar surface area (TPSA) is 21.3 Å². The first-order valence-electron chi connectivity index (χ1n) is 7.45. The lowest BCUT2D eigenvalue weighted by Crippen LogP contribution is -2.33. The molecule has 0 aliphatic heterocycles. The first-order valence-corrected chi connectivity index (χ1v) is 7.45. The van der Waals surface area contributed by atoms with Gasteiger partial charge in [-0.2, -0.15) is 0 Å². The molecule has 2 aromatic carbocycles. The average molecular weight is 285 g/mol. The van der Waals surface area contributed by atoms with Crippen LogP contribution in [0.1, 0.15) is 30.0 Å².